The van der Waals surface area contributed by atoms with Gasteiger partial charge in [0.1, 0.15) is 5.75 Å². The van der Waals surface area contributed by atoms with Gasteiger partial charge in [-0.25, -0.2) is 0 Å². The van der Waals surface area contributed by atoms with E-state index in [-0.39, 0.29) is 5.91 Å². The summed E-state index contributed by atoms with van der Waals surface area (Å²) in [4.78, 5) is 22.6. The van der Waals surface area contributed by atoms with Crippen LogP contribution in [0.4, 0.5) is 0 Å². The Bertz CT molecular complexity index is 732. The first-order valence-electron chi connectivity index (χ1n) is 8.94. The molecular formula is C20H27N5O2. The van der Waals surface area contributed by atoms with Gasteiger partial charge in [0.15, 0.2) is 5.96 Å². The number of benzene rings is 1. The maximum Gasteiger partial charge on any atom is 0.252 e. The fraction of sp³-hybridized carbons (Fsp3) is 0.350. The molecule has 0 fully saturated rings. The molecule has 144 valence electrons. The predicted molar refractivity (Wildman–Crippen MR) is 107 cm³/mol. The van der Waals surface area contributed by atoms with Crippen molar-refractivity contribution in [3.63, 3.8) is 0 Å². The third-order valence-electron chi connectivity index (χ3n) is 3.86. The molecule has 0 atom stereocenters. The van der Waals surface area contributed by atoms with Crippen LogP contribution in [0.5, 0.6) is 5.75 Å². The van der Waals surface area contributed by atoms with Crippen molar-refractivity contribution in [2.45, 2.75) is 13.5 Å². The van der Waals surface area contributed by atoms with Gasteiger partial charge in [0.2, 0.25) is 0 Å². The van der Waals surface area contributed by atoms with Gasteiger partial charge in [-0.2, -0.15) is 0 Å². The van der Waals surface area contributed by atoms with Crippen molar-refractivity contribution in [2.75, 3.05) is 33.8 Å². The first-order chi connectivity index (χ1) is 13.1. The van der Waals surface area contributed by atoms with Gasteiger partial charge in [-0.1, -0.05) is 12.1 Å². The highest BCUT2D eigenvalue weighted by Crippen LogP contribution is 2.12. The summed E-state index contributed by atoms with van der Waals surface area (Å²) in [6, 6.07) is 11.4. The van der Waals surface area contributed by atoms with Gasteiger partial charge in [-0.15, -0.1) is 0 Å². The first kappa shape index (κ1) is 20.2. The zero-order valence-electron chi connectivity index (χ0n) is 16.1. The molecule has 0 unspecified atom stereocenters. The SMILES string of the molecule is CCNC(=NCCNC(=O)c1cccnc1)N(C)Cc1ccc(OC)cc1. The van der Waals surface area contributed by atoms with Gasteiger partial charge in [0, 0.05) is 39.1 Å². The fourth-order valence-electron chi connectivity index (χ4n) is 2.48. The maximum absolute atomic E-state index is 12.0. The smallest absolute Gasteiger partial charge is 0.252 e. The monoisotopic (exact) mass is 369 g/mol. The average molecular weight is 369 g/mol. The topological polar surface area (TPSA) is 78.8 Å². The Morgan fingerprint density at radius 2 is 2.00 bits per heavy atom. The molecule has 0 aliphatic heterocycles. The van der Waals surface area contributed by atoms with E-state index in [9.17, 15) is 4.79 Å². The minimum atomic E-state index is -0.144. The van der Waals surface area contributed by atoms with Crippen LogP contribution in [0, 0.1) is 0 Å². The Kier molecular flexibility index (Phi) is 8.09. The van der Waals surface area contributed by atoms with Crippen LogP contribution in [0.25, 0.3) is 0 Å². The third-order valence-corrected chi connectivity index (χ3v) is 3.86. The van der Waals surface area contributed by atoms with E-state index < -0.39 is 0 Å². The number of guanidine groups is 1. The second-order valence-corrected chi connectivity index (χ2v) is 5.94. The number of carbonyl (C=O) groups excluding carboxylic acids is 1. The summed E-state index contributed by atoms with van der Waals surface area (Å²) in [6.45, 7) is 4.47. The van der Waals surface area contributed by atoms with Gasteiger partial charge in [0.05, 0.1) is 19.2 Å². The molecule has 0 saturated carbocycles. The Balaban J connectivity index is 1.87. The molecule has 0 spiro atoms. The van der Waals surface area contributed by atoms with Crippen molar-refractivity contribution in [1.82, 2.24) is 20.5 Å². The number of ether oxygens (including phenoxy) is 1. The van der Waals surface area contributed by atoms with Gasteiger partial charge >= 0.3 is 0 Å². The molecule has 1 aromatic heterocycles. The van der Waals surface area contributed by atoms with Crippen molar-refractivity contribution >= 4 is 11.9 Å². The molecule has 2 rings (SSSR count). The maximum atomic E-state index is 12.0. The number of hydrogen-bond acceptors (Lipinski definition) is 4. The second kappa shape index (κ2) is 10.8. The number of carbonyl (C=O) groups is 1. The van der Waals surface area contributed by atoms with Crippen LogP contribution in [0.3, 0.4) is 0 Å². The van der Waals surface area contributed by atoms with Gasteiger partial charge in [-0.05, 0) is 36.8 Å². The molecule has 2 N–H and O–H groups in total. The molecule has 7 nitrogen and oxygen atoms in total. The molecule has 1 amide bonds. The Hall–Kier alpha value is -3.09. The minimum absolute atomic E-state index is 0.144. The lowest BCUT2D eigenvalue weighted by atomic mass is 10.2. The molecular weight excluding hydrogens is 342 g/mol. The molecule has 0 aliphatic rings. The lowest BCUT2D eigenvalue weighted by Gasteiger charge is -2.22. The highest BCUT2D eigenvalue weighted by molar-refractivity contribution is 5.93. The standard InChI is InChI=1S/C20H27N5O2/c1-4-22-20(25(2)15-16-7-9-18(27-3)10-8-16)24-13-12-23-19(26)17-6-5-11-21-14-17/h5-11,14H,4,12-13,15H2,1-3H3,(H,22,24)(H,23,26). The Morgan fingerprint density at radius 1 is 1.22 bits per heavy atom. The molecule has 0 saturated heterocycles. The van der Waals surface area contributed by atoms with Crippen LogP contribution >= 0.6 is 0 Å². The number of hydrogen-bond donors (Lipinski definition) is 2. The predicted octanol–water partition coefficient (Wildman–Crippen LogP) is 1.92. The molecule has 0 radical (unpaired) electrons. The van der Waals surface area contributed by atoms with Gasteiger partial charge in [-0.3, -0.25) is 14.8 Å². The summed E-state index contributed by atoms with van der Waals surface area (Å²) in [5.74, 6) is 1.49. The number of aliphatic imine (C=N–C) groups is 1. The molecule has 0 aliphatic carbocycles. The van der Waals surface area contributed by atoms with Crippen molar-refractivity contribution < 1.29 is 9.53 Å². The van der Waals surface area contributed by atoms with Crippen molar-refractivity contribution in [1.29, 1.82) is 0 Å². The third kappa shape index (κ3) is 6.62. The van der Waals surface area contributed by atoms with E-state index >= 15 is 0 Å². The van der Waals surface area contributed by atoms with Crippen LogP contribution in [0.15, 0.2) is 53.8 Å². The number of aromatic nitrogens is 1. The lowest BCUT2D eigenvalue weighted by molar-refractivity contribution is 0.0954. The molecule has 27 heavy (non-hydrogen) atoms. The number of rotatable bonds is 8. The Labute approximate surface area is 160 Å². The highest BCUT2D eigenvalue weighted by atomic mass is 16.5. The van der Waals surface area contributed by atoms with Crippen LogP contribution in [-0.4, -0.2) is 55.5 Å². The number of pyridine rings is 1. The summed E-state index contributed by atoms with van der Waals surface area (Å²) in [6.07, 6.45) is 3.19. The number of nitrogens with one attached hydrogen (secondary N) is 2. The molecule has 2 aromatic rings. The quantitative estimate of drug-likeness (QED) is 0.422. The molecule has 7 heteroatoms. The van der Waals surface area contributed by atoms with Crippen LogP contribution < -0.4 is 15.4 Å². The van der Waals surface area contributed by atoms with E-state index in [2.05, 4.69) is 20.6 Å². The zero-order valence-corrected chi connectivity index (χ0v) is 16.1. The lowest BCUT2D eigenvalue weighted by Crippen LogP contribution is -2.39. The first-order valence-corrected chi connectivity index (χ1v) is 8.94. The van der Waals surface area contributed by atoms with Crippen molar-refractivity contribution in [3.05, 3.63) is 59.9 Å². The summed E-state index contributed by atoms with van der Waals surface area (Å²) < 4.78 is 5.19. The van der Waals surface area contributed by atoms with Crippen LogP contribution in [0.1, 0.15) is 22.8 Å². The van der Waals surface area contributed by atoms with E-state index in [4.69, 9.17) is 4.74 Å². The van der Waals surface area contributed by atoms with E-state index in [1.165, 1.54) is 0 Å². The van der Waals surface area contributed by atoms with Crippen molar-refractivity contribution in [3.8, 4) is 5.75 Å². The summed E-state index contributed by atoms with van der Waals surface area (Å²) in [7, 11) is 3.64. The summed E-state index contributed by atoms with van der Waals surface area (Å²) in [5.41, 5.74) is 1.71. The largest absolute Gasteiger partial charge is 0.497 e. The number of nitrogens with zero attached hydrogens (tertiary/aromatic N) is 3. The average Bonchev–Trinajstić information content (AvgIpc) is 2.71. The molecule has 1 heterocycles. The molecule has 0 bridgehead atoms. The van der Waals surface area contributed by atoms with E-state index in [0.717, 1.165) is 30.4 Å². The van der Waals surface area contributed by atoms with Crippen LogP contribution in [-0.2, 0) is 6.54 Å². The zero-order chi connectivity index (χ0) is 19.5. The van der Waals surface area contributed by atoms with E-state index in [1.54, 1.807) is 31.6 Å². The second-order valence-electron chi connectivity index (χ2n) is 5.94. The summed E-state index contributed by atoms with van der Waals surface area (Å²) >= 11 is 0. The molecule has 1 aromatic carbocycles. The van der Waals surface area contributed by atoms with Crippen molar-refractivity contribution in [2.24, 2.45) is 4.99 Å². The summed E-state index contributed by atoms with van der Waals surface area (Å²) in [5, 5.41) is 6.13. The number of amides is 1. The Morgan fingerprint density at radius 3 is 2.63 bits per heavy atom. The minimum Gasteiger partial charge on any atom is -0.497 e. The van der Waals surface area contributed by atoms with Gasteiger partial charge < -0.3 is 20.3 Å². The van der Waals surface area contributed by atoms with Gasteiger partial charge in [0.25, 0.3) is 5.91 Å². The normalized spacial score (nSPS) is 11.0. The van der Waals surface area contributed by atoms with E-state index in [0.29, 0.717) is 18.7 Å². The fourth-order valence-corrected chi connectivity index (χ4v) is 2.48. The number of methoxy groups -OCH3 is 1. The van der Waals surface area contributed by atoms with E-state index in [1.807, 2.05) is 43.1 Å². The van der Waals surface area contributed by atoms with Crippen LogP contribution in [0.2, 0.25) is 0 Å². The highest BCUT2D eigenvalue weighted by Gasteiger charge is 2.07.